The number of fused-ring (bicyclic) bond motifs is 2. The highest BCUT2D eigenvalue weighted by Gasteiger charge is 2.47. The first-order valence-electron chi connectivity index (χ1n) is 12.7. The molecule has 17 heteroatoms. The number of nitrogens with zero attached hydrogens (tertiary/aromatic N) is 8. The average molecular weight is 595 g/mol. The summed E-state index contributed by atoms with van der Waals surface area (Å²) in [4.78, 5) is 36.1. The number of alkyl halides is 1. The van der Waals surface area contributed by atoms with Gasteiger partial charge in [0.05, 0.1) is 37.3 Å². The molecule has 40 heavy (non-hydrogen) atoms. The molecule has 5 heterocycles. The highest BCUT2D eigenvalue weighted by molar-refractivity contribution is 8.07. The van der Waals surface area contributed by atoms with Crippen molar-refractivity contribution >= 4 is 40.9 Å². The van der Waals surface area contributed by atoms with Gasteiger partial charge in [-0.2, -0.15) is 0 Å². The van der Waals surface area contributed by atoms with E-state index >= 15 is 4.39 Å². The molecule has 4 aromatic heterocycles. The molecule has 14 nitrogen and oxygen atoms in total. The van der Waals surface area contributed by atoms with Crippen molar-refractivity contribution in [1.29, 1.82) is 0 Å². The maximum Gasteiger partial charge on any atom is 0.324 e. The number of rotatable bonds is 9. The molecule has 0 radical (unpaired) electrons. The lowest BCUT2D eigenvalue weighted by Crippen LogP contribution is -2.43. The minimum absolute atomic E-state index is 0.00985. The molecule has 0 aromatic carbocycles. The first-order chi connectivity index (χ1) is 19.2. The van der Waals surface area contributed by atoms with E-state index in [4.69, 9.17) is 25.6 Å². The third kappa shape index (κ3) is 4.81. The summed E-state index contributed by atoms with van der Waals surface area (Å²) in [6.45, 7) is -0.640. The van der Waals surface area contributed by atoms with Gasteiger partial charge in [0, 0.05) is 18.6 Å². The Labute approximate surface area is 232 Å². The third-order valence-electron chi connectivity index (χ3n) is 7.72. The Balaban J connectivity index is 1.09. The number of aliphatic hydroxyl groups is 2. The van der Waals surface area contributed by atoms with Gasteiger partial charge in [-0.25, -0.2) is 34.3 Å². The van der Waals surface area contributed by atoms with Gasteiger partial charge in [-0.1, -0.05) is 0 Å². The molecule has 2 fully saturated rings. The van der Waals surface area contributed by atoms with Gasteiger partial charge >= 0.3 is 6.72 Å². The molecule has 0 amide bonds. The van der Waals surface area contributed by atoms with E-state index in [1.807, 2.05) is 11.5 Å². The van der Waals surface area contributed by atoms with E-state index in [1.54, 1.807) is 13.3 Å². The third-order valence-corrected chi connectivity index (χ3v) is 9.30. The van der Waals surface area contributed by atoms with Crippen LogP contribution in [-0.4, -0.2) is 92.3 Å². The number of imidazole rings is 2. The van der Waals surface area contributed by atoms with E-state index in [9.17, 15) is 15.1 Å². The van der Waals surface area contributed by atoms with Gasteiger partial charge in [0.2, 0.25) is 0 Å². The lowest BCUT2D eigenvalue weighted by Gasteiger charge is -2.44. The molecule has 8 atom stereocenters. The highest BCUT2D eigenvalue weighted by Crippen LogP contribution is 2.50. The Morgan fingerprint density at radius 3 is 2.25 bits per heavy atom. The summed E-state index contributed by atoms with van der Waals surface area (Å²) >= 11 is 5.19. The average Bonchev–Trinajstić information content (AvgIpc) is 3.61. The second-order valence-electron chi connectivity index (χ2n) is 10.0. The standard InChI is InChI=1S/C23H28FN8O6PS/c1-11-18-21(27-7-25-11)31(9-29-18)15-3-13(4-33)14(15)5-36-39(35,40)37-6-16-20(34)17(24)23(38-16)32-10-30-19-12(2)26-8-28-22(19)32/h7-10,13-17,20,23,33-34H,3-6H2,1-2H3,(H,35,40)/t13-,14-,15-,16-,17+,20-,23-,39?/m1/s1. The summed E-state index contributed by atoms with van der Waals surface area (Å²) in [5, 5.41) is 20.3. The van der Waals surface area contributed by atoms with Crippen molar-refractivity contribution in [2.75, 3.05) is 19.8 Å². The molecule has 1 saturated carbocycles. The van der Waals surface area contributed by atoms with Crippen LogP contribution in [0.1, 0.15) is 30.1 Å². The Bertz CT molecular complexity index is 1590. The van der Waals surface area contributed by atoms with Crippen LogP contribution < -0.4 is 0 Å². The van der Waals surface area contributed by atoms with E-state index in [2.05, 4.69) is 29.9 Å². The molecule has 4 aromatic rings. The second-order valence-corrected chi connectivity index (χ2v) is 12.9. The minimum Gasteiger partial charge on any atom is -0.396 e. The summed E-state index contributed by atoms with van der Waals surface area (Å²) in [5.41, 5.74) is 3.61. The Hall–Kier alpha value is -2.56. The summed E-state index contributed by atoms with van der Waals surface area (Å²) in [6, 6.07) is -0.0862. The molecule has 214 valence electrons. The van der Waals surface area contributed by atoms with Crippen molar-refractivity contribution in [3.8, 4) is 0 Å². The maximum atomic E-state index is 15.1. The molecule has 1 aliphatic heterocycles. The number of hydrogen-bond donors (Lipinski definition) is 3. The molecule has 1 unspecified atom stereocenters. The zero-order valence-corrected chi connectivity index (χ0v) is 23.3. The van der Waals surface area contributed by atoms with Crippen molar-refractivity contribution in [2.45, 2.75) is 50.9 Å². The van der Waals surface area contributed by atoms with Gasteiger partial charge in [-0.05, 0) is 38.0 Å². The molecule has 1 aliphatic carbocycles. The SMILES string of the molecule is Cc1ncnc2c1ncn2[C@@H]1C[C@H](CO)[C@H]1COP(O)(=S)OC[C@H]1O[C@@H](n2cnc3c(C)ncnc32)[C@@H](F)[C@@H]1O. The molecule has 1 saturated heterocycles. The number of halogens is 1. The van der Waals surface area contributed by atoms with Crippen LogP contribution in [0.2, 0.25) is 0 Å². The van der Waals surface area contributed by atoms with E-state index in [0.717, 1.165) is 5.69 Å². The molecule has 0 bridgehead atoms. The number of hydrogen-bond acceptors (Lipinski definition) is 12. The summed E-state index contributed by atoms with van der Waals surface area (Å²) in [7, 11) is 0. The predicted octanol–water partition coefficient (Wildman–Crippen LogP) is 1.30. The summed E-state index contributed by atoms with van der Waals surface area (Å²) in [6.07, 6.45) is 0.855. The molecular weight excluding hydrogens is 566 g/mol. The van der Waals surface area contributed by atoms with Crippen molar-refractivity contribution in [2.24, 2.45) is 11.8 Å². The van der Waals surface area contributed by atoms with Crippen LogP contribution in [0.3, 0.4) is 0 Å². The lowest BCUT2D eigenvalue weighted by atomic mass is 9.70. The lowest BCUT2D eigenvalue weighted by molar-refractivity contribution is -0.0464. The molecule has 6 rings (SSSR count). The topological polar surface area (TPSA) is 176 Å². The zero-order valence-electron chi connectivity index (χ0n) is 21.6. The summed E-state index contributed by atoms with van der Waals surface area (Å²) < 4.78 is 35.2. The fourth-order valence-corrected chi connectivity index (χ4v) is 6.51. The van der Waals surface area contributed by atoms with E-state index in [-0.39, 0.29) is 31.1 Å². The first kappa shape index (κ1) is 27.6. The fourth-order valence-electron chi connectivity index (χ4n) is 5.37. The number of aliphatic hydroxyl groups excluding tert-OH is 2. The normalized spacial score (nSPS) is 30.1. The van der Waals surface area contributed by atoms with Crippen LogP contribution in [0.5, 0.6) is 0 Å². The van der Waals surface area contributed by atoms with Gasteiger partial charge in [-0.3, -0.25) is 4.57 Å². The van der Waals surface area contributed by atoms with Crippen LogP contribution >= 0.6 is 6.72 Å². The van der Waals surface area contributed by atoms with E-state index in [1.165, 1.54) is 23.5 Å². The first-order valence-corrected chi connectivity index (χ1v) is 15.3. The monoisotopic (exact) mass is 594 g/mol. The quantitative estimate of drug-likeness (QED) is 0.237. The largest absolute Gasteiger partial charge is 0.396 e. The van der Waals surface area contributed by atoms with Gasteiger partial charge < -0.3 is 33.5 Å². The van der Waals surface area contributed by atoms with Crippen molar-refractivity contribution < 1.29 is 33.3 Å². The van der Waals surface area contributed by atoms with E-state index < -0.39 is 37.9 Å². The second kappa shape index (κ2) is 10.7. The van der Waals surface area contributed by atoms with Crippen molar-refractivity contribution in [3.63, 3.8) is 0 Å². The van der Waals surface area contributed by atoms with Crippen molar-refractivity contribution in [3.05, 3.63) is 36.7 Å². The number of ether oxygens (including phenoxy) is 1. The van der Waals surface area contributed by atoms with E-state index in [0.29, 0.717) is 34.4 Å². The van der Waals surface area contributed by atoms with Gasteiger partial charge in [0.1, 0.15) is 35.9 Å². The van der Waals surface area contributed by atoms with Gasteiger partial charge in [-0.15, -0.1) is 0 Å². The van der Waals surface area contributed by atoms with Crippen LogP contribution in [0.15, 0.2) is 25.3 Å². The van der Waals surface area contributed by atoms with Crippen molar-refractivity contribution in [1.82, 2.24) is 39.0 Å². The Morgan fingerprint density at radius 1 is 1.00 bits per heavy atom. The Morgan fingerprint density at radius 2 is 1.60 bits per heavy atom. The molecule has 2 aliphatic rings. The van der Waals surface area contributed by atoms with Crippen LogP contribution in [0.25, 0.3) is 22.3 Å². The maximum absolute atomic E-state index is 15.1. The van der Waals surface area contributed by atoms with Crippen LogP contribution in [0.4, 0.5) is 4.39 Å². The molecular formula is C23H28FN8O6PS. The molecule has 3 N–H and O–H groups in total. The highest BCUT2D eigenvalue weighted by atomic mass is 32.5. The molecule has 0 spiro atoms. The zero-order chi connectivity index (χ0) is 28.2. The fraction of sp³-hybridized carbons (Fsp3) is 0.565. The minimum atomic E-state index is -3.80. The van der Waals surface area contributed by atoms with Crippen LogP contribution in [0, 0.1) is 25.7 Å². The smallest absolute Gasteiger partial charge is 0.324 e. The predicted molar refractivity (Wildman–Crippen MR) is 141 cm³/mol. The number of aromatic nitrogens is 8. The van der Waals surface area contributed by atoms with Gasteiger partial charge in [0.15, 0.2) is 23.7 Å². The Kier molecular flexibility index (Phi) is 7.37. The van der Waals surface area contributed by atoms with Gasteiger partial charge in [0.25, 0.3) is 0 Å². The number of aryl methyl sites for hydroxylation is 2. The summed E-state index contributed by atoms with van der Waals surface area (Å²) in [5.74, 6) is -0.269. The van der Waals surface area contributed by atoms with Crippen LogP contribution in [-0.2, 0) is 25.6 Å².